The number of benzene rings is 1. The molecule has 0 fully saturated rings. The van der Waals surface area contributed by atoms with Crippen LogP contribution in [0.15, 0.2) is 12.1 Å². The number of carbonyl (C=O) groups excluding carboxylic acids is 1. The number of nitrogens with zero attached hydrogens (tertiary/aromatic N) is 2. The Hall–Kier alpha value is -2.13. The minimum absolute atomic E-state index is 0.0200. The van der Waals surface area contributed by atoms with Crippen LogP contribution in [0, 0.1) is 21.4 Å². The molecule has 7 heteroatoms. The van der Waals surface area contributed by atoms with Crippen molar-refractivity contribution in [3.63, 3.8) is 0 Å². The Bertz CT molecular complexity index is 537. The van der Waals surface area contributed by atoms with Gasteiger partial charge in [-0.2, -0.15) is 5.26 Å². The maximum atomic E-state index is 11.4. The van der Waals surface area contributed by atoms with Gasteiger partial charge in [0.05, 0.1) is 35.1 Å². The number of hydrogen-bond donors (Lipinski definition) is 0. The second kappa shape index (κ2) is 5.98. The van der Waals surface area contributed by atoms with Crippen molar-refractivity contribution >= 4 is 23.3 Å². The molecule has 6 nitrogen and oxygen atoms in total. The topological polar surface area (TPSA) is 93.2 Å². The summed E-state index contributed by atoms with van der Waals surface area (Å²) in [5.41, 5.74) is -0.406. The summed E-state index contributed by atoms with van der Waals surface area (Å²) in [7, 11) is 0. The van der Waals surface area contributed by atoms with Crippen molar-refractivity contribution in [2.24, 2.45) is 0 Å². The molecule has 0 atom stereocenters. The molecule has 0 aliphatic carbocycles. The lowest BCUT2D eigenvalue weighted by Crippen LogP contribution is -2.11. The Morgan fingerprint density at radius 3 is 2.78 bits per heavy atom. The van der Waals surface area contributed by atoms with Crippen molar-refractivity contribution in [3.05, 3.63) is 38.4 Å². The summed E-state index contributed by atoms with van der Waals surface area (Å²) in [6, 6.07) is 4.39. The first kappa shape index (κ1) is 13.9. The van der Waals surface area contributed by atoms with Gasteiger partial charge < -0.3 is 4.74 Å². The number of rotatable bonds is 4. The van der Waals surface area contributed by atoms with Crippen LogP contribution in [0.5, 0.6) is 0 Å². The summed E-state index contributed by atoms with van der Waals surface area (Å²) in [6.45, 7) is 1.78. The van der Waals surface area contributed by atoms with Crippen LogP contribution < -0.4 is 0 Å². The maximum Gasteiger partial charge on any atom is 0.310 e. The van der Waals surface area contributed by atoms with Gasteiger partial charge in [-0.1, -0.05) is 11.6 Å². The number of nitriles is 1. The Morgan fingerprint density at radius 2 is 2.28 bits per heavy atom. The molecule has 0 aliphatic heterocycles. The fourth-order valence-corrected chi connectivity index (χ4v) is 1.69. The molecule has 0 bridgehead atoms. The SMILES string of the molecule is CCOC(=O)Cc1c(C#N)ccc(Cl)c1[N+](=O)[O-]. The van der Waals surface area contributed by atoms with Crippen molar-refractivity contribution in [2.45, 2.75) is 13.3 Å². The van der Waals surface area contributed by atoms with Crippen molar-refractivity contribution in [2.75, 3.05) is 6.61 Å². The fraction of sp³-hybridized carbons (Fsp3) is 0.273. The molecule has 1 rings (SSSR count). The molecule has 94 valence electrons. The van der Waals surface area contributed by atoms with Crippen LogP contribution in [-0.4, -0.2) is 17.5 Å². The van der Waals surface area contributed by atoms with Gasteiger partial charge in [0.2, 0.25) is 0 Å². The molecule has 0 unspecified atom stereocenters. The summed E-state index contributed by atoms with van der Waals surface area (Å²) in [5.74, 6) is -0.639. The first-order chi connectivity index (χ1) is 8.51. The lowest BCUT2D eigenvalue weighted by atomic mass is 10.0. The smallest absolute Gasteiger partial charge is 0.310 e. The van der Waals surface area contributed by atoms with E-state index in [9.17, 15) is 14.9 Å². The summed E-state index contributed by atoms with van der Waals surface area (Å²) in [6.07, 6.45) is -0.354. The fourth-order valence-electron chi connectivity index (χ4n) is 1.45. The maximum absolute atomic E-state index is 11.4. The van der Waals surface area contributed by atoms with Gasteiger partial charge in [-0.3, -0.25) is 14.9 Å². The van der Waals surface area contributed by atoms with Crippen molar-refractivity contribution < 1.29 is 14.5 Å². The lowest BCUT2D eigenvalue weighted by Gasteiger charge is -2.06. The molecule has 0 N–H and O–H groups in total. The molecule has 0 aliphatic rings. The largest absolute Gasteiger partial charge is 0.466 e. The van der Waals surface area contributed by atoms with Gasteiger partial charge in [-0.15, -0.1) is 0 Å². The van der Waals surface area contributed by atoms with Crippen LogP contribution >= 0.6 is 11.6 Å². The van der Waals surface area contributed by atoms with E-state index < -0.39 is 16.6 Å². The third-order valence-electron chi connectivity index (χ3n) is 2.16. The van der Waals surface area contributed by atoms with E-state index in [4.69, 9.17) is 21.6 Å². The first-order valence-corrected chi connectivity index (χ1v) is 5.40. The average Bonchev–Trinajstić information content (AvgIpc) is 2.29. The van der Waals surface area contributed by atoms with Crippen LogP contribution in [0.25, 0.3) is 0 Å². The quantitative estimate of drug-likeness (QED) is 0.474. The van der Waals surface area contributed by atoms with Crippen molar-refractivity contribution in [3.8, 4) is 6.07 Å². The lowest BCUT2D eigenvalue weighted by molar-refractivity contribution is -0.385. The van der Waals surface area contributed by atoms with E-state index in [2.05, 4.69) is 0 Å². The molecular formula is C11H9ClN2O4. The van der Waals surface area contributed by atoms with Crippen LogP contribution in [0.4, 0.5) is 5.69 Å². The van der Waals surface area contributed by atoms with Crippen LogP contribution in [0.3, 0.4) is 0 Å². The average molecular weight is 269 g/mol. The monoisotopic (exact) mass is 268 g/mol. The molecule has 0 spiro atoms. The molecular weight excluding hydrogens is 260 g/mol. The van der Waals surface area contributed by atoms with E-state index in [0.29, 0.717) is 0 Å². The van der Waals surface area contributed by atoms with Crippen molar-refractivity contribution in [1.29, 1.82) is 5.26 Å². The van der Waals surface area contributed by atoms with E-state index in [0.717, 1.165) is 0 Å². The summed E-state index contributed by atoms with van der Waals surface area (Å²) < 4.78 is 4.71. The predicted octanol–water partition coefficient (Wildman–Crippen LogP) is 2.23. The molecule has 0 heterocycles. The zero-order valence-corrected chi connectivity index (χ0v) is 10.2. The Morgan fingerprint density at radius 1 is 1.61 bits per heavy atom. The first-order valence-electron chi connectivity index (χ1n) is 5.02. The van der Waals surface area contributed by atoms with Crippen LogP contribution in [-0.2, 0) is 16.0 Å². The van der Waals surface area contributed by atoms with E-state index in [1.807, 2.05) is 0 Å². The second-order valence-electron chi connectivity index (χ2n) is 3.27. The zero-order valence-electron chi connectivity index (χ0n) is 9.47. The highest BCUT2D eigenvalue weighted by atomic mass is 35.5. The Kier molecular flexibility index (Phi) is 4.63. The highest BCUT2D eigenvalue weighted by molar-refractivity contribution is 6.32. The van der Waals surface area contributed by atoms with E-state index in [1.165, 1.54) is 12.1 Å². The standard InChI is InChI=1S/C11H9ClN2O4/c1-2-18-10(15)5-8-7(6-13)3-4-9(12)11(8)14(16)17/h3-4H,2,5H2,1H3. The number of nitro benzene ring substituents is 1. The minimum atomic E-state index is -0.711. The van der Waals surface area contributed by atoms with Crippen LogP contribution in [0.2, 0.25) is 5.02 Å². The van der Waals surface area contributed by atoms with Gasteiger partial charge in [-0.05, 0) is 19.1 Å². The summed E-state index contributed by atoms with van der Waals surface area (Å²) >= 11 is 5.71. The number of carbonyl (C=O) groups is 1. The van der Waals surface area contributed by atoms with Gasteiger partial charge >= 0.3 is 5.97 Å². The van der Waals surface area contributed by atoms with Crippen LogP contribution in [0.1, 0.15) is 18.1 Å². The van der Waals surface area contributed by atoms with Gasteiger partial charge in [0.1, 0.15) is 5.02 Å². The highest BCUT2D eigenvalue weighted by Crippen LogP contribution is 2.31. The van der Waals surface area contributed by atoms with Gasteiger partial charge in [-0.25, -0.2) is 0 Å². The zero-order chi connectivity index (χ0) is 13.7. The molecule has 1 aromatic rings. The van der Waals surface area contributed by atoms with E-state index in [-0.39, 0.29) is 29.2 Å². The summed E-state index contributed by atoms with van der Waals surface area (Å²) in [5, 5.41) is 19.7. The number of esters is 1. The predicted molar refractivity (Wildman–Crippen MR) is 63.2 cm³/mol. The molecule has 0 saturated carbocycles. The van der Waals surface area contributed by atoms with Gasteiger partial charge in [0, 0.05) is 0 Å². The normalized spacial score (nSPS) is 9.61. The number of nitro groups is 1. The third kappa shape index (κ3) is 2.96. The third-order valence-corrected chi connectivity index (χ3v) is 2.47. The number of hydrogen-bond acceptors (Lipinski definition) is 5. The summed E-state index contributed by atoms with van der Waals surface area (Å²) in [4.78, 5) is 21.6. The minimum Gasteiger partial charge on any atom is -0.466 e. The molecule has 0 amide bonds. The Labute approximate surface area is 108 Å². The second-order valence-corrected chi connectivity index (χ2v) is 3.68. The highest BCUT2D eigenvalue weighted by Gasteiger charge is 2.24. The molecule has 0 saturated heterocycles. The Balaban J connectivity index is 3.29. The van der Waals surface area contributed by atoms with E-state index >= 15 is 0 Å². The molecule has 1 aromatic carbocycles. The van der Waals surface area contributed by atoms with Crippen molar-refractivity contribution in [1.82, 2.24) is 0 Å². The van der Waals surface area contributed by atoms with Gasteiger partial charge in [0.15, 0.2) is 0 Å². The number of halogens is 1. The van der Waals surface area contributed by atoms with E-state index in [1.54, 1.807) is 13.0 Å². The molecule has 18 heavy (non-hydrogen) atoms. The van der Waals surface area contributed by atoms with Gasteiger partial charge in [0.25, 0.3) is 5.69 Å². The molecule has 0 radical (unpaired) electrons. The molecule has 0 aromatic heterocycles. The number of ether oxygens (including phenoxy) is 1.